The monoisotopic (exact) mass is 427 g/mol. The fourth-order valence-electron chi connectivity index (χ4n) is 3.01. The van der Waals surface area contributed by atoms with Crippen LogP contribution in [0, 0.1) is 5.92 Å². The van der Waals surface area contributed by atoms with Crippen molar-refractivity contribution in [3.05, 3.63) is 53.3 Å². The van der Waals surface area contributed by atoms with E-state index in [2.05, 4.69) is 5.48 Å². The number of nitrogens with one attached hydrogen (secondary N) is 1. The molecule has 0 atom stereocenters. The average Bonchev–Trinajstić information content (AvgIpc) is 2.64. The van der Waals surface area contributed by atoms with E-state index >= 15 is 0 Å². The summed E-state index contributed by atoms with van der Waals surface area (Å²) in [6.07, 6.45) is 0.474. The highest BCUT2D eigenvalue weighted by molar-refractivity contribution is 7.99. The molecule has 0 spiro atoms. The van der Waals surface area contributed by atoms with Crippen LogP contribution in [0.2, 0.25) is 0 Å². The van der Waals surface area contributed by atoms with Crippen LogP contribution in [0.4, 0.5) is 13.2 Å². The molecule has 1 saturated carbocycles. The van der Waals surface area contributed by atoms with Crippen LogP contribution in [-0.2, 0) is 20.6 Å². The van der Waals surface area contributed by atoms with Gasteiger partial charge in [-0.2, -0.15) is 13.2 Å². The van der Waals surface area contributed by atoms with E-state index in [9.17, 15) is 22.8 Å². The first-order valence-electron chi connectivity index (χ1n) is 9.28. The van der Waals surface area contributed by atoms with E-state index in [1.807, 2.05) is 13.0 Å². The van der Waals surface area contributed by atoms with Crippen LogP contribution < -0.4 is 5.48 Å². The van der Waals surface area contributed by atoms with Crippen LogP contribution in [0.25, 0.3) is 0 Å². The smallest absolute Gasteiger partial charge is 0.294 e. The van der Waals surface area contributed by atoms with Gasteiger partial charge in [0.25, 0.3) is 0 Å². The Kier molecular flexibility index (Phi) is 8.52. The molecule has 29 heavy (non-hydrogen) atoms. The van der Waals surface area contributed by atoms with Crippen molar-refractivity contribution in [2.24, 2.45) is 5.92 Å². The van der Waals surface area contributed by atoms with Crippen molar-refractivity contribution in [1.29, 1.82) is 0 Å². The number of halogens is 3. The molecular formula is C21H24F3NO3S. The van der Waals surface area contributed by atoms with Crippen LogP contribution in [0.1, 0.15) is 38.7 Å². The SMILES string of the molecule is C/C=C/CONC(C)=C1C(=O)CC(CCSc2ccc(C(F)(F)F)cc2)CC1=O. The van der Waals surface area contributed by atoms with Gasteiger partial charge in [0.05, 0.1) is 17.7 Å². The molecule has 0 aromatic heterocycles. The zero-order valence-corrected chi connectivity index (χ0v) is 17.2. The molecular weight excluding hydrogens is 403 g/mol. The third kappa shape index (κ3) is 7.04. The number of thioether (sulfide) groups is 1. The van der Waals surface area contributed by atoms with E-state index in [-0.39, 0.29) is 35.9 Å². The van der Waals surface area contributed by atoms with Crippen molar-refractivity contribution in [3.63, 3.8) is 0 Å². The van der Waals surface area contributed by atoms with Gasteiger partial charge in [-0.15, -0.1) is 11.8 Å². The molecule has 2 rings (SSSR count). The first-order valence-corrected chi connectivity index (χ1v) is 10.3. The number of benzene rings is 1. The van der Waals surface area contributed by atoms with Crippen LogP contribution >= 0.6 is 11.8 Å². The van der Waals surface area contributed by atoms with Crippen LogP contribution in [-0.4, -0.2) is 23.9 Å². The number of alkyl halides is 3. The minimum absolute atomic E-state index is 0.0579. The van der Waals surface area contributed by atoms with E-state index < -0.39 is 11.7 Å². The molecule has 0 aliphatic heterocycles. The summed E-state index contributed by atoms with van der Waals surface area (Å²) in [4.78, 5) is 30.7. The number of hydrogen-bond acceptors (Lipinski definition) is 5. The normalized spacial score (nSPS) is 17.8. The molecule has 0 heterocycles. The summed E-state index contributed by atoms with van der Waals surface area (Å²) in [5.41, 5.74) is 2.55. The zero-order chi connectivity index (χ0) is 21.4. The maximum atomic E-state index is 12.6. The highest BCUT2D eigenvalue weighted by atomic mass is 32.2. The molecule has 1 N–H and O–H groups in total. The number of carbonyl (C=O) groups is 2. The first kappa shape index (κ1) is 23.2. The summed E-state index contributed by atoms with van der Waals surface area (Å²) in [6.45, 7) is 3.83. The predicted molar refractivity (Wildman–Crippen MR) is 106 cm³/mol. The Morgan fingerprint density at radius 3 is 2.38 bits per heavy atom. The lowest BCUT2D eigenvalue weighted by Gasteiger charge is -2.23. The second kappa shape index (κ2) is 10.6. The molecule has 158 valence electrons. The Morgan fingerprint density at radius 2 is 1.83 bits per heavy atom. The third-order valence-electron chi connectivity index (χ3n) is 4.50. The molecule has 1 aliphatic carbocycles. The maximum Gasteiger partial charge on any atom is 0.416 e. The topological polar surface area (TPSA) is 55.4 Å². The number of rotatable bonds is 8. The van der Waals surface area contributed by atoms with Gasteiger partial charge in [-0.05, 0) is 56.2 Å². The van der Waals surface area contributed by atoms with Gasteiger partial charge in [0.15, 0.2) is 11.6 Å². The molecule has 1 aliphatic rings. The van der Waals surface area contributed by atoms with Gasteiger partial charge in [-0.25, -0.2) is 0 Å². The van der Waals surface area contributed by atoms with Crippen molar-refractivity contribution in [2.45, 2.75) is 44.2 Å². The van der Waals surface area contributed by atoms with Gasteiger partial charge in [-0.3, -0.25) is 19.9 Å². The highest BCUT2D eigenvalue weighted by Crippen LogP contribution is 2.32. The predicted octanol–water partition coefficient (Wildman–Crippen LogP) is 5.11. The van der Waals surface area contributed by atoms with Crippen molar-refractivity contribution < 1.29 is 27.6 Å². The van der Waals surface area contributed by atoms with Gasteiger partial charge in [-0.1, -0.05) is 12.2 Å². The largest absolute Gasteiger partial charge is 0.416 e. The average molecular weight is 427 g/mol. The van der Waals surface area contributed by atoms with E-state index in [4.69, 9.17) is 4.84 Å². The minimum Gasteiger partial charge on any atom is -0.294 e. The van der Waals surface area contributed by atoms with Gasteiger partial charge >= 0.3 is 6.18 Å². The Hall–Kier alpha value is -2.06. The van der Waals surface area contributed by atoms with Crippen LogP contribution in [0.5, 0.6) is 0 Å². The molecule has 4 nitrogen and oxygen atoms in total. The maximum absolute atomic E-state index is 12.6. The molecule has 1 aromatic rings. The minimum atomic E-state index is -4.35. The molecule has 0 radical (unpaired) electrons. The number of allylic oxidation sites excluding steroid dienone is 3. The number of hydroxylamine groups is 1. The summed E-state index contributed by atoms with van der Waals surface area (Å²) >= 11 is 1.42. The fourth-order valence-corrected chi connectivity index (χ4v) is 4.02. The van der Waals surface area contributed by atoms with Crippen molar-refractivity contribution >= 4 is 23.3 Å². The lowest BCUT2D eigenvalue weighted by atomic mass is 9.82. The zero-order valence-electron chi connectivity index (χ0n) is 16.3. The molecule has 1 fully saturated rings. The van der Waals surface area contributed by atoms with Crippen LogP contribution in [0.15, 0.2) is 52.6 Å². The second-order valence-corrected chi connectivity index (χ2v) is 7.93. The molecule has 0 unspecified atom stereocenters. The number of Topliss-reactive ketones (excluding diaryl/α,β-unsaturated/α-hetero) is 2. The molecule has 0 bridgehead atoms. The molecule has 0 amide bonds. The van der Waals surface area contributed by atoms with Gasteiger partial charge in [0, 0.05) is 23.4 Å². The Morgan fingerprint density at radius 1 is 1.21 bits per heavy atom. The summed E-state index contributed by atoms with van der Waals surface area (Å²) in [5.74, 6) is 0.160. The Balaban J connectivity index is 1.84. The van der Waals surface area contributed by atoms with Crippen LogP contribution in [0.3, 0.4) is 0 Å². The summed E-state index contributed by atoms with van der Waals surface area (Å²) in [7, 11) is 0. The summed E-state index contributed by atoms with van der Waals surface area (Å²) in [6, 6.07) is 4.99. The first-order chi connectivity index (χ1) is 13.7. The van der Waals surface area contributed by atoms with Gasteiger partial charge in [0.2, 0.25) is 0 Å². The van der Waals surface area contributed by atoms with E-state index in [1.165, 1.54) is 23.9 Å². The third-order valence-corrected chi connectivity index (χ3v) is 5.54. The van der Waals surface area contributed by atoms with E-state index in [0.29, 0.717) is 24.5 Å². The molecule has 1 aromatic carbocycles. The number of ketones is 2. The quantitative estimate of drug-likeness (QED) is 0.156. The second-order valence-electron chi connectivity index (χ2n) is 6.76. The Bertz CT molecular complexity index is 765. The summed E-state index contributed by atoms with van der Waals surface area (Å²) in [5, 5.41) is 0. The fraction of sp³-hybridized carbons (Fsp3) is 0.429. The van der Waals surface area contributed by atoms with E-state index in [0.717, 1.165) is 17.0 Å². The highest BCUT2D eigenvalue weighted by Gasteiger charge is 2.32. The Labute approximate surface area is 172 Å². The summed E-state index contributed by atoms with van der Waals surface area (Å²) < 4.78 is 37.8. The number of carbonyl (C=O) groups excluding carboxylic acids is 2. The van der Waals surface area contributed by atoms with E-state index in [1.54, 1.807) is 13.0 Å². The lowest BCUT2D eigenvalue weighted by Crippen LogP contribution is -2.30. The molecule has 8 heteroatoms. The lowest BCUT2D eigenvalue weighted by molar-refractivity contribution is -0.137. The number of hydrogen-bond donors (Lipinski definition) is 1. The standard InChI is InChI=1S/C21H24F3NO3S/c1-3-4-10-28-25-14(2)20-18(26)12-15(13-19(20)27)9-11-29-17-7-5-16(6-8-17)21(22,23)24/h3-8,15,25H,9-13H2,1-2H3/b4-3+,20-14?. The van der Waals surface area contributed by atoms with Gasteiger partial charge in [0.1, 0.15) is 0 Å². The molecule has 0 saturated heterocycles. The van der Waals surface area contributed by atoms with Crippen molar-refractivity contribution in [2.75, 3.05) is 12.4 Å². The van der Waals surface area contributed by atoms with Crippen molar-refractivity contribution in [1.82, 2.24) is 5.48 Å². The van der Waals surface area contributed by atoms with Crippen molar-refractivity contribution in [3.8, 4) is 0 Å². The van der Waals surface area contributed by atoms with Gasteiger partial charge < -0.3 is 0 Å².